The van der Waals surface area contributed by atoms with E-state index in [4.69, 9.17) is 0 Å². The highest BCUT2D eigenvalue weighted by atomic mass is 16.1. The summed E-state index contributed by atoms with van der Waals surface area (Å²) in [5.74, 6) is 0. The van der Waals surface area contributed by atoms with Crippen molar-refractivity contribution in [2.75, 3.05) is 0 Å². The van der Waals surface area contributed by atoms with Crippen LogP contribution >= 0.6 is 0 Å². The van der Waals surface area contributed by atoms with E-state index in [1.807, 2.05) is 19.1 Å². The predicted molar refractivity (Wildman–Crippen MR) is 72.7 cm³/mol. The molecule has 0 spiro atoms. The first-order chi connectivity index (χ1) is 7.79. The summed E-state index contributed by atoms with van der Waals surface area (Å²) in [6, 6.07) is 5.82. The molecular weight excluding hydrogens is 210 g/mol. The molecule has 0 radical (unpaired) electrons. The third-order valence-corrected chi connectivity index (χ3v) is 3.08. The van der Waals surface area contributed by atoms with Crippen molar-refractivity contribution < 1.29 is 0 Å². The maximum Gasteiger partial charge on any atom is 0.189 e. The van der Waals surface area contributed by atoms with E-state index in [0.29, 0.717) is 0 Å². The largest absolute Gasteiger partial charge is 0.358 e. The number of fused-ring (bicyclic) bond motifs is 1. The van der Waals surface area contributed by atoms with E-state index in [-0.39, 0.29) is 10.8 Å². The number of H-pyrrole nitrogens is 1. The van der Waals surface area contributed by atoms with Crippen LogP contribution in [0.15, 0.2) is 23.0 Å². The van der Waals surface area contributed by atoms with Crippen LogP contribution in [0.25, 0.3) is 10.9 Å². The first-order valence-corrected chi connectivity index (χ1v) is 5.94. The standard InChI is InChI=1S/C15H19NO/c1-9-6-10(2)14-11(7-9)16-13(8-12(14)17)15(3,4)5/h6-8H,1-5H3,(H,16,17). The second-order valence-corrected chi connectivity index (χ2v) is 5.80. The average molecular weight is 229 g/mol. The van der Waals surface area contributed by atoms with Gasteiger partial charge in [0.15, 0.2) is 5.43 Å². The van der Waals surface area contributed by atoms with Crippen LogP contribution < -0.4 is 5.43 Å². The Morgan fingerprint density at radius 1 is 1.06 bits per heavy atom. The minimum atomic E-state index is -0.0367. The minimum absolute atomic E-state index is 0.0367. The number of rotatable bonds is 0. The fraction of sp³-hybridized carbons (Fsp3) is 0.400. The Morgan fingerprint density at radius 2 is 1.71 bits per heavy atom. The van der Waals surface area contributed by atoms with Crippen molar-refractivity contribution in [2.24, 2.45) is 0 Å². The van der Waals surface area contributed by atoms with E-state index >= 15 is 0 Å². The Hall–Kier alpha value is -1.57. The van der Waals surface area contributed by atoms with Gasteiger partial charge in [0, 0.05) is 22.6 Å². The van der Waals surface area contributed by atoms with Crippen molar-refractivity contribution in [1.29, 1.82) is 0 Å². The number of aromatic nitrogens is 1. The van der Waals surface area contributed by atoms with Gasteiger partial charge in [-0.05, 0) is 31.0 Å². The monoisotopic (exact) mass is 229 g/mol. The van der Waals surface area contributed by atoms with Crippen LogP contribution in [0.4, 0.5) is 0 Å². The topological polar surface area (TPSA) is 32.9 Å². The quantitative estimate of drug-likeness (QED) is 0.737. The lowest BCUT2D eigenvalue weighted by Crippen LogP contribution is -2.18. The van der Waals surface area contributed by atoms with Crippen LogP contribution in [0.3, 0.4) is 0 Å². The highest BCUT2D eigenvalue weighted by Gasteiger charge is 2.16. The fourth-order valence-corrected chi connectivity index (χ4v) is 2.18. The molecule has 2 rings (SSSR count). The molecule has 0 fully saturated rings. The molecule has 1 heterocycles. The SMILES string of the molecule is Cc1cc(C)c2c(=O)cc(C(C)(C)C)[nH]c2c1. The Kier molecular flexibility index (Phi) is 2.61. The predicted octanol–water partition coefficient (Wildman–Crippen LogP) is 3.44. The van der Waals surface area contributed by atoms with Crippen LogP contribution in [0.2, 0.25) is 0 Å². The zero-order valence-corrected chi connectivity index (χ0v) is 11.1. The lowest BCUT2D eigenvalue weighted by atomic mass is 9.90. The van der Waals surface area contributed by atoms with Crippen LogP contribution in [0, 0.1) is 13.8 Å². The fourth-order valence-electron chi connectivity index (χ4n) is 2.18. The van der Waals surface area contributed by atoms with Gasteiger partial charge >= 0.3 is 0 Å². The summed E-state index contributed by atoms with van der Waals surface area (Å²) in [7, 11) is 0. The molecule has 0 unspecified atom stereocenters. The molecule has 0 aliphatic carbocycles. The van der Waals surface area contributed by atoms with Gasteiger partial charge < -0.3 is 4.98 Å². The van der Waals surface area contributed by atoms with Gasteiger partial charge in [0.2, 0.25) is 0 Å². The molecule has 0 amide bonds. The number of pyridine rings is 1. The van der Waals surface area contributed by atoms with E-state index in [9.17, 15) is 4.79 Å². The zero-order chi connectivity index (χ0) is 12.8. The van der Waals surface area contributed by atoms with E-state index in [0.717, 1.165) is 22.2 Å². The van der Waals surface area contributed by atoms with Gasteiger partial charge in [0.25, 0.3) is 0 Å². The van der Waals surface area contributed by atoms with Crippen molar-refractivity contribution >= 4 is 10.9 Å². The number of aryl methyl sites for hydroxylation is 2. The molecular formula is C15H19NO. The second-order valence-electron chi connectivity index (χ2n) is 5.80. The Bertz CT molecular complexity index is 630. The third-order valence-electron chi connectivity index (χ3n) is 3.08. The smallest absolute Gasteiger partial charge is 0.189 e. The summed E-state index contributed by atoms with van der Waals surface area (Å²) in [5.41, 5.74) is 4.23. The molecule has 2 aromatic rings. The molecule has 90 valence electrons. The first kappa shape index (κ1) is 11.9. The molecule has 0 atom stereocenters. The zero-order valence-electron chi connectivity index (χ0n) is 11.1. The maximum absolute atomic E-state index is 12.2. The lowest BCUT2D eigenvalue weighted by Gasteiger charge is -2.19. The van der Waals surface area contributed by atoms with Gasteiger partial charge in [-0.1, -0.05) is 26.8 Å². The summed E-state index contributed by atoms with van der Waals surface area (Å²) in [4.78, 5) is 15.5. The van der Waals surface area contributed by atoms with Gasteiger partial charge in [-0.2, -0.15) is 0 Å². The molecule has 1 aromatic carbocycles. The van der Waals surface area contributed by atoms with Crippen LogP contribution in [-0.2, 0) is 5.41 Å². The van der Waals surface area contributed by atoms with Crippen LogP contribution in [-0.4, -0.2) is 4.98 Å². The molecule has 0 saturated heterocycles. The van der Waals surface area contributed by atoms with E-state index in [1.165, 1.54) is 5.56 Å². The van der Waals surface area contributed by atoms with Crippen LogP contribution in [0.1, 0.15) is 37.6 Å². The Morgan fingerprint density at radius 3 is 2.29 bits per heavy atom. The molecule has 2 nitrogen and oxygen atoms in total. The van der Waals surface area contributed by atoms with Gasteiger partial charge in [-0.15, -0.1) is 0 Å². The Labute approximate surface area is 102 Å². The number of aromatic amines is 1. The number of benzene rings is 1. The van der Waals surface area contributed by atoms with Crippen LogP contribution in [0.5, 0.6) is 0 Å². The minimum Gasteiger partial charge on any atom is -0.358 e. The molecule has 0 aliphatic heterocycles. The normalized spacial score (nSPS) is 12.1. The molecule has 1 aromatic heterocycles. The van der Waals surface area contributed by atoms with E-state index in [2.05, 4.69) is 32.7 Å². The molecule has 1 N–H and O–H groups in total. The summed E-state index contributed by atoms with van der Waals surface area (Å²) in [6.45, 7) is 10.3. The average Bonchev–Trinajstić information content (AvgIpc) is 2.13. The lowest BCUT2D eigenvalue weighted by molar-refractivity contribution is 0.571. The van der Waals surface area contributed by atoms with Crippen molar-refractivity contribution in [1.82, 2.24) is 4.98 Å². The number of hydrogen-bond donors (Lipinski definition) is 1. The summed E-state index contributed by atoms with van der Waals surface area (Å²) in [6.07, 6.45) is 0. The van der Waals surface area contributed by atoms with E-state index in [1.54, 1.807) is 6.07 Å². The van der Waals surface area contributed by atoms with Crippen molar-refractivity contribution in [3.05, 3.63) is 45.2 Å². The molecule has 0 saturated carbocycles. The van der Waals surface area contributed by atoms with Gasteiger partial charge in [-0.3, -0.25) is 4.79 Å². The van der Waals surface area contributed by atoms with Crippen molar-refractivity contribution in [3.8, 4) is 0 Å². The Balaban J connectivity index is 2.87. The molecule has 0 bridgehead atoms. The van der Waals surface area contributed by atoms with Crippen molar-refractivity contribution in [2.45, 2.75) is 40.0 Å². The van der Waals surface area contributed by atoms with Crippen molar-refractivity contribution in [3.63, 3.8) is 0 Å². The highest BCUT2D eigenvalue weighted by molar-refractivity contribution is 5.82. The summed E-state index contributed by atoms with van der Waals surface area (Å²) in [5, 5.41) is 0.809. The van der Waals surface area contributed by atoms with Gasteiger partial charge in [-0.25, -0.2) is 0 Å². The maximum atomic E-state index is 12.2. The third kappa shape index (κ3) is 2.12. The van der Waals surface area contributed by atoms with Gasteiger partial charge in [0.05, 0.1) is 5.52 Å². The molecule has 2 heteroatoms. The van der Waals surface area contributed by atoms with Gasteiger partial charge in [0.1, 0.15) is 0 Å². The number of hydrogen-bond acceptors (Lipinski definition) is 1. The second kappa shape index (κ2) is 3.73. The molecule has 17 heavy (non-hydrogen) atoms. The summed E-state index contributed by atoms with van der Waals surface area (Å²) >= 11 is 0. The highest BCUT2D eigenvalue weighted by Crippen LogP contribution is 2.22. The number of nitrogens with one attached hydrogen (secondary N) is 1. The first-order valence-electron chi connectivity index (χ1n) is 5.94. The summed E-state index contributed by atoms with van der Waals surface area (Å²) < 4.78 is 0. The molecule has 0 aliphatic rings. The van der Waals surface area contributed by atoms with E-state index < -0.39 is 0 Å².